The molecular formula is C18H22N2O4. The number of carbonyl (C=O) groups excluding carboxylic acids is 2. The molecule has 0 spiro atoms. The van der Waals surface area contributed by atoms with Crippen LogP contribution in [0.5, 0.6) is 5.75 Å². The Bertz CT molecular complexity index is 675. The normalized spacial score (nSPS) is 30.3. The van der Waals surface area contributed by atoms with Crippen LogP contribution in [0.25, 0.3) is 0 Å². The van der Waals surface area contributed by atoms with E-state index in [1.54, 1.807) is 0 Å². The average molecular weight is 330 g/mol. The van der Waals surface area contributed by atoms with Crippen LogP contribution in [0.4, 0.5) is 0 Å². The van der Waals surface area contributed by atoms with E-state index >= 15 is 0 Å². The molecular weight excluding hydrogens is 308 g/mol. The van der Waals surface area contributed by atoms with Gasteiger partial charge in [0.15, 0.2) is 0 Å². The number of amides is 2. The summed E-state index contributed by atoms with van der Waals surface area (Å²) in [6.45, 7) is 1.40. The molecule has 1 saturated heterocycles. The van der Waals surface area contributed by atoms with E-state index in [1.807, 2.05) is 18.2 Å². The topological polar surface area (TPSA) is 78.9 Å². The second-order valence-electron chi connectivity index (χ2n) is 6.96. The van der Waals surface area contributed by atoms with Gasteiger partial charge in [-0.25, -0.2) is 0 Å². The third-order valence-corrected chi connectivity index (χ3v) is 5.28. The van der Waals surface area contributed by atoms with Crippen LogP contribution in [0, 0.1) is 0 Å². The van der Waals surface area contributed by atoms with Crippen LogP contribution in [0.1, 0.15) is 43.2 Å². The summed E-state index contributed by atoms with van der Waals surface area (Å²) in [6.07, 6.45) is 3.18. The highest BCUT2D eigenvalue weighted by Crippen LogP contribution is 2.31. The maximum Gasteiger partial charge on any atom is 0.243 e. The Morgan fingerprint density at radius 1 is 1.12 bits per heavy atom. The van der Waals surface area contributed by atoms with Crippen LogP contribution in [-0.4, -0.2) is 40.1 Å². The summed E-state index contributed by atoms with van der Waals surface area (Å²) in [5.41, 5.74) is 2.35. The lowest BCUT2D eigenvalue weighted by molar-refractivity contribution is -0.137. The number of hydrogen-bond donors (Lipinski definition) is 2. The molecule has 3 aliphatic rings. The highest BCUT2D eigenvalue weighted by atomic mass is 16.5. The Balaban J connectivity index is 1.44. The molecule has 4 rings (SSSR count). The van der Waals surface area contributed by atoms with Gasteiger partial charge in [-0.05, 0) is 48.9 Å². The molecule has 1 aromatic rings. The molecule has 1 aliphatic carbocycles. The molecule has 1 unspecified atom stereocenters. The minimum Gasteiger partial charge on any atom is -0.488 e. The first-order valence-electron chi connectivity index (χ1n) is 8.64. The van der Waals surface area contributed by atoms with Crippen molar-refractivity contribution in [3.05, 3.63) is 29.3 Å². The molecule has 6 heteroatoms. The molecule has 6 nitrogen and oxygen atoms in total. The first kappa shape index (κ1) is 15.6. The van der Waals surface area contributed by atoms with Crippen molar-refractivity contribution in [1.29, 1.82) is 0 Å². The molecule has 0 bridgehead atoms. The minimum absolute atomic E-state index is 0.115. The zero-order chi connectivity index (χ0) is 16.7. The van der Waals surface area contributed by atoms with E-state index in [1.165, 1.54) is 5.56 Å². The predicted octanol–water partition coefficient (Wildman–Crippen LogP) is 1.10. The molecule has 3 atom stereocenters. The van der Waals surface area contributed by atoms with E-state index in [9.17, 15) is 14.7 Å². The molecule has 1 saturated carbocycles. The smallest absolute Gasteiger partial charge is 0.243 e. The van der Waals surface area contributed by atoms with Gasteiger partial charge in [-0.15, -0.1) is 0 Å². The second-order valence-corrected chi connectivity index (χ2v) is 6.96. The average Bonchev–Trinajstić information content (AvgIpc) is 3.13. The number of imide groups is 1. The minimum atomic E-state index is -0.377. The van der Waals surface area contributed by atoms with Crippen LogP contribution in [0.3, 0.4) is 0 Å². The quantitative estimate of drug-likeness (QED) is 0.812. The summed E-state index contributed by atoms with van der Waals surface area (Å²) < 4.78 is 5.94. The molecule has 2 heterocycles. The van der Waals surface area contributed by atoms with Crippen LogP contribution >= 0.6 is 0 Å². The molecule has 24 heavy (non-hydrogen) atoms. The van der Waals surface area contributed by atoms with Gasteiger partial charge in [0.25, 0.3) is 0 Å². The van der Waals surface area contributed by atoms with Gasteiger partial charge in [0, 0.05) is 19.5 Å². The zero-order valence-corrected chi connectivity index (χ0v) is 13.5. The largest absolute Gasteiger partial charge is 0.488 e. The third-order valence-electron chi connectivity index (χ3n) is 5.28. The monoisotopic (exact) mass is 330 g/mol. The van der Waals surface area contributed by atoms with Gasteiger partial charge in [-0.1, -0.05) is 6.07 Å². The molecule has 0 radical (unpaired) electrons. The van der Waals surface area contributed by atoms with Gasteiger partial charge in [0.1, 0.15) is 11.9 Å². The van der Waals surface area contributed by atoms with Gasteiger partial charge in [-0.3, -0.25) is 19.8 Å². The Morgan fingerprint density at radius 3 is 2.71 bits per heavy atom. The fourth-order valence-electron chi connectivity index (χ4n) is 3.94. The number of piperidine rings is 1. The fraction of sp³-hybridized carbons (Fsp3) is 0.556. The number of ether oxygens (including phenoxy) is 1. The van der Waals surface area contributed by atoms with Gasteiger partial charge >= 0.3 is 0 Å². The van der Waals surface area contributed by atoms with Crippen molar-refractivity contribution in [3.63, 3.8) is 0 Å². The van der Waals surface area contributed by atoms with E-state index in [0.29, 0.717) is 25.9 Å². The molecule has 1 aromatic carbocycles. The van der Waals surface area contributed by atoms with Crippen molar-refractivity contribution in [2.75, 3.05) is 0 Å². The van der Waals surface area contributed by atoms with Crippen LogP contribution < -0.4 is 10.1 Å². The van der Waals surface area contributed by atoms with Crippen molar-refractivity contribution in [1.82, 2.24) is 10.2 Å². The standard InChI is InChI=1S/C18H22N2O4/c21-15-2-1-3-16(15)24-13-5-4-11-9-20(10-12(11)8-13)14-6-7-17(22)19-18(14)23/h4-5,8,14-16,21H,1-3,6-7,9-10H2,(H,19,22,23)/t14?,15-,16+/m0/s1. The number of benzene rings is 1. The van der Waals surface area contributed by atoms with Crippen molar-refractivity contribution < 1.29 is 19.4 Å². The van der Waals surface area contributed by atoms with Gasteiger partial charge in [0.05, 0.1) is 12.1 Å². The number of nitrogens with one attached hydrogen (secondary N) is 1. The maximum absolute atomic E-state index is 12.0. The fourth-order valence-corrected chi connectivity index (χ4v) is 3.94. The SMILES string of the molecule is O=C1CCC(N2Cc3ccc(O[C@@H]4CCC[C@@H]4O)cc3C2)C(=O)N1. The number of aliphatic hydroxyl groups is 1. The van der Waals surface area contributed by atoms with Crippen molar-refractivity contribution in [2.45, 2.75) is 63.4 Å². The van der Waals surface area contributed by atoms with Gasteiger partial charge in [-0.2, -0.15) is 0 Å². The van der Waals surface area contributed by atoms with Gasteiger partial charge < -0.3 is 9.84 Å². The predicted molar refractivity (Wildman–Crippen MR) is 86.1 cm³/mol. The lowest BCUT2D eigenvalue weighted by Gasteiger charge is -2.29. The molecule has 128 valence electrons. The number of hydrogen-bond acceptors (Lipinski definition) is 5. The molecule has 2 amide bonds. The van der Waals surface area contributed by atoms with E-state index in [0.717, 1.165) is 30.6 Å². The second kappa shape index (κ2) is 6.18. The molecule has 0 aromatic heterocycles. The number of carbonyl (C=O) groups is 2. The molecule has 2 aliphatic heterocycles. The summed E-state index contributed by atoms with van der Waals surface area (Å²) in [4.78, 5) is 25.5. The van der Waals surface area contributed by atoms with Crippen molar-refractivity contribution >= 4 is 11.8 Å². The number of nitrogens with zero attached hydrogens (tertiary/aromatic N) is 1. The van der Waals surface area contributed by atoms with Crippen LogP contribution in [0.2, 0.25) is 0 Å². The number of rotatable bonds is 3. The molecule has 2 fully saturated rings. The van der Waals surface area contributed by atoms with Crippen LogP contribution in [-0.2, 0) is 22.7 Å². The highest BCUT2D eigenvalue weighted by Gasteiger charge is 2.35. The van der Waals surface area contributed by atoms with Crippen molar-refractivity contribution in [2.24, 2.45) is 0 Å². The summed E-state index contributed by atoms with van der Waals surface area (Å²) >= 11 is 0. The third kappa shape index (κ3) is 2.91. The summed E-state index contributed by atoms with van der Waals surface area (Å²) in [6, 6.07) is 5.76. The first-order valence-corrected chi connectivity index (χ1v) is 8.64. The maximum atomic E-state index is 12.0. The van der Waals surface area contributed by atoms with Crippen LogP contribution in [0.15, 0.2) is 18.2 Å². The molecule has 2 N–H and O–H groups in total. The number of aliphatic hydroxyl groups excluding tert-OH is 1. The van der Waals surface area contributed by atoms with Gasteiger partial charge in [0.2, 0.25) is 11.8 Å². The Labute approximate surface area is 140 Å². The van der Waals surface area contributed by atoms with E-state index < -0.39 is 0 Å². The van der Waals surface area contributed by atoms with E-state index in [-0.39, 0.29) is 30.1 Å². The first-order chi connectivity index (χ1) is 11.6. The zero-order valence-electron chi connectivity index (χ0n) is 13.5. The Hall–Kier alpha value is -1.92. The summed E-state index contributed by atoms with van der Waals surface area (Å²) in [5, 5.41) is 12.3. The number of fused-ring (bicyclic) bond motifs is 1. The van der Waals surface area contributed by atoms with E-state index in [4.69, 9.17) is 4.74 Å². The summed E-state index contributed by atoms with van der Waals surface area (Å²) in [5.74, 6) is 0.410. The lowest BCUT2D eigenvalue weighted by Crippen LogP contribution is -2.50. The highest BCUT2D eigenvalue weighted by molar-refractivity contribution is 6.00. The Morgan fingerprint density at radius 2 is 1.96 bits per heavy atom. The lowest BCUT2D eigenvalue weighted by atomic mass is 10.0. The Kier molecular flexibility index (Phi) is 4.02. The van der Waals surface area contributed by atoms with Crippen molar-refractivity contribution in [3.8, 4) is 5.75 Å². The van der Waals surface area contributed by atoms with E-state index in [2.05, 4.69) is 10.2 Å². The summed E-state index contributed by atoms with van der Waals surface area (Å²) in [7, 11) is 0.